The maximum atomic E-state index is 13.4. The molecule has 0 aliphatic carbocycles. The molecule has 0 saturated heterocycles. The summed E-state index contributed by atoms with van der Waals surface area (Å²) in [4.78, 5) is 14.4. The van der Waals surface area contributed by atoms with Crippen LogP contribution in [0.5, 0.6) is 0 Å². The number of carboxylic acid groups (broad SMARTS) is 1. The van der Waals surface area contributed by atoms with Crippen LogP contribution in [-0.2, 0) is 11.2 Å². The Bertz CT molecular complexity index is 539. The average Bonchev–Trinajstić information content (AvgIpc) is 2.75. The van der Waals surface area contributed by atoms with Crippen LogP contribution in [0.15, 0.2) is 24.3 Å². The zero-order chi connectivity index (χ0) is 12.3. The highest BCUT2D eigenvalue weighted by molar-refractivity contribution is 5.66. The lowest BCUT2D eigenvalue weighted by molar-refractivity contribution is -0.137. The number of nitrogens with zero attached hydrogens (tertiary/aromatic N) is 2. The molecule has 88 valence electrons. The topological polar surface area (TPSA) is 78.9 Å². The summed E-state index contributed by atoms with van der Waals surface area (Å²) in [6.07, 6.45) is 0.211. The van der Waals surface area contributed by atoms with Gasteiger partial charge in [0, 0.05) is 6.42 Å². The number of aryl methyl sites for hydroxylation is 1. The van der Waals surface area contributed by atoms with Crippen LogP contribution in [0.4, 0.5) is 4.39 Å². The lowest BCUT2D eigenvalue weighted by atomic mass is 10.2. The molecule has 0 fully saturated rings. The number of H-pyrrole nitrogens is 1. The number of aromatic nitrogens is 3. The molecular formula is C11H10FN3O2. The number of aromatic amines is 1. The Kier molecular flexibility index (Phi) is 3.13. The molecule has 0 aliphatic heterocycles. The van der Waals surface area contributed by atoms with Gasteiger partial charge < -0.3 is 5.11 Å². The first-order valence-corrected chi connectivity index (χ1v) is 5.05. The second-order valence-corrected chi connectivity index (χ2v) is 3.48. The Balaban J connectivity index is 2.18. The van der Waals surface area contributed by atoms with E-state index < -0.39 is 11.8 Å². The van der Waals surface area contributed by atoms with E-state index in [1.54, 1.807) is 18.2 Å². The molecule has 0 radical (unpaired) electrons. The van der Waals surface area contributed by atoms with Gasteiger partial charge in [0.15, 0.2) is 5.82 Å². The van der Waals surface area contributed by atoms with Gasteiger partial charge in [-0.05, 0) is 12.1 Å². The van der Waals surface area contributed by atoms with Gasteiger partial charge in [0.25, 0.3) is 0 Å². The fourth-order valence-electron chi connectivity index (χ4n) is 1.40. The number of benzene rings is 1. The normalized spacial score (nSPS) is 10.4. The highest BCUT2D eigenvalue weighted by Gasteiger charge is 2.10. The van der Waals surface area contributed by atoms with Crippen molar-refractivity contribution in [1.82, 2.24) is 15.2 Å². The summed E-state index contributed by atoms with van der Waals surface area (Å²) in [5.41, 5.74) is 0.297. The third kappa shape index (κ3) is 2.66. The van der Waals surface area contributed by atoms with E-state index in [0.717, 1.165) is 0 Å². The van der Waals surface area contributed by atoms with Gasteiger partial charge in [-0.2, -0.15) is 5.10 Å². The predicted octanol–water partition coefficient (Wildman–Crippen LogP) is 1.63. The summed E-state index contributed by atoms with van der Waals surface area (Å²) in [6, 6.07) is 6.16. The van der Waals surface area contributed by atoms with Gasteiger partial charge in [0.2, 0.25) is 0 Å². The van der Waals surface area contributed by atoms with Crippen molar-refractivity contribution in [3.05, 3.63) is 35.9 Å². The predicted molar refractivity (Wildman–Crippen MR) is 57.7 cm³/mol. The van der Waals surface area contributed by atoms with E-state index in [9.17, 15) is 9.18 Å². The summed E-state index contributed by atoms with van der Waals surface area (Å²) in [7, 11) is 0. The van der Waals surface area contributed by atoms with E-state index >= 15 is 0 Å². The lowest BCUT2D eigenvalue weighted by Crippen LogP contribution is -1.98. The molecular weight excluding hydrogens is 225 g/mol. The summed E-state index contributed by atoms with van der Waals surface area (Å²) in [5, 5.41) is 15.0. The molecule has 0 aliphatic rings. The van der Waals surface area contributed by atoms with Crippen molar-refractivity contribution in [1.29, 1.82) is 0 Å². The summed E-state index contributed by atoms with van der Waals surface area (Å²) in [5.74, 6) is -0.640. The van der Waals surface area contributed by atoms with E-state index in [-0.39, 0.29) is 18.7 Å². The minimum atomic E-state index is -0.908. The van der Waals surface area contributed by atoms with Crippen molar-refractivity contribution in [2.45, 2.75) is 12.8 Å². The number of aliphatic carboxylic acids is 1. The average molecular weight is 235 g/mol. The molecule has 0 saturated carbocycles. The van der Waals surface area contributed by atoms with Crippen LogP contribution in [0.2, 0.25) is 0 Å². The Morgan fingerprint density at radius 3 is 2.88 bits per heavy atom. The van der Waals surface area contributed by atoms with E-state index in [0.29, 0.717) is 11.4 Å². The zero-order valence-electron chi connectivity index (χ0n) is 8.85. The maximum Gasteiger partial charge on any atom is 0.303 e. The standard InChI is InChI=1S/C11H10FN3O2/c12-8-4-2-1-3-7(8)11-13-9(14-15-11)5-6-10(16)17/h1-4H,5-6H2,(H,16,17)(H,13,14,15). The molecule has 1 aromatic heterocycles. The summed E-state index contributed by atoms with van der Waals surface area (Å²) < 4.78 is 13.4. The maximum absolute atomic E-state index is 13.4. The van der Waals surface area contributed by atoms with Crippen molar-refractivity contribution < 1.29 is 14.3 Å². The molecule has 5 nitrogen and oxygen atoms in total. The quantitative estimate of drug-likeness (QED) is 0.844. The molecule has 1 aromatic carbocycles. The molecule has 0 spiro atoms. The van der Waals surface area contributed by atoms with Crippen molar-refractivity contribution >= 4 is 5.97 Å². The molecule has 2 rings (SSSR count). The first kappa shape index (κ1) is 11.3. The van der Waals surface area contributed by atoms with E-state index in [1.807, 2.05) is 0 Å². The molecule has 0 amide bonds. The van der Waals surface area contributed by atoms with Crippen LogP contribution in [0.1, 0.15) is 12.2 Å². The minimum absolute atomic E-state index is 0.0358. The summed E-state index contributed by atoms with van der Waals surface area (Å²) >= 11 is 0. The first-order valence-electron chi connectivity index (χ1n) is 5.05. The SMILES string of the molecule is O=C(O)CCc1nc(-c2ccccc2F)n[nH]1. The van der Waals surface area contributed by atoms with Crippen LogP contribution in [0.25, 0.3) is 11.4 Å². The second-order valence-electron chi connectivity index (χ2n) is 3.48. The zero-order valence-corrected chi connectivity index (χ0v) is 8.85. The van der Waals surface area contributed by atoms with Gasteiger partial charge in [0.05, 0.1) is 12.0 Å². The van der Waals surface area contributed by atoms with Crippen LogP contribution in [-0.4, -0.2) is 26.3 Å². The van der Waals surface area contributed by atoms with Crippen LogP contribution in [0.3, 0.4) is 0 Å². The lowest BCUT2D eigenvalue weighted by Gasteiger charge is -1.95. The van der Waals surface area contributed by atoms with Gasteiger partial charge in [-0.25, -0.2) is 9.37 Å². The number of halogens is 1. The van der Waals surface area contributed by atoms with Crippen molar-refractivity contribution in [2.24, 2.45) is 0 Å². The molecule has 6 heteroatoms. The highest BCUT2D eigenvalue weighted by atomic mass is 19.1. The second kappa shape index (κ2) is 4.73. The number of carbonyl (C=O) groups is 1. The molecule has 2 N–H and O–H groups in total. The smallest absolute Gasteiger partial charge is 0.303 e. The van der Waals surface area contributed by atoms with Gasteiger partial charge in [-0.3, -0.25) is 9.89 Å². The Morgan fingerprint density at radius 1 is 1.41 bits per heavy atom. The number of nitrogens with one attached hydrogen (secondary N) is 1. The Morgan fingerprint density at radius 2 is 2.18 bits per heavy atom. The molecule has 0 bridgehead atoms. The molecule has 0 unspecified atom stereocenters. The Hall–Kier alpha value is -2.24. The third-order valence-electron chi connectivity index (χ3n) is 2.22. The number of carboxylic acids is 1. The largest absolute Gasteiger partial charge is 0.481 e. The van der Waals surface area contributed by atoms with Crippen LogP contribution >= 0.6 is 0 Å². The third-order valence-corrected chi connectivity index (χ3v) is 2.22. The van der Waals surface area contributed by atoms with Crippen molar-refractivity contribution in [3.8, 4) is 11.4 Å². The van der Waals surface area contributed by atoms with E-state index in [4.69, 9.17) is 5.11 Å². The first-order chi connectivity index (χ1) is 8.16. The number of hydrogen-bond donors (Lipinski definition) is 2. The fourth-order valence-corrected chi connectivity index (χ4v) is 1.40. The van der Waals surface area contributed by atoms with Gasteiger partial charge >= 0.3 is 5.97 Å². The van der Waals surface area contributed by atoms with Crippen molar-refractivity contribution in [3.63, 3.8) is 0 Å². The number of hydrogen-bond acceptors (Lipinski definition) is 3. The number of rotatable bonds is 4. The molecule has 2 aromatic rings. The van der Waals surface area contributed by atoms with Gasteiger partial charge in [-0.1, -0.05) is 12.1 Å². The van der Waals surface area contributed by atoms with Crippen LogP contribution in [0, 0.1) is 5.82 Å². The molecule has 0 atom stereocenters. The molecule has 1 heterocycles. The van der Waals surface area contributed by atoms with Crippen molar-refractivity contribution in [2.75, 3.05) is 0 Å². The van der Waals surface area contributed by atoms with Gasteiger partial charge in [0.1, 0.15) is 11.6 Å². The summed E-state index contributed by atoms with van der Waals surface area (Å²) in [6.45, 7) is 0. The van der Waals surface area contributed by atoms with E-state index in [1.165, 1.54) is 6.07 Å². The monoisotopic (exact) mass is 235 g/mol. The molecule has 17 heavy (non-hydrogen) atoms. The minimum Gasteiger partial charge on any atom is -0.481 e. The van der Waals surface area contributed by atoms with E-state index in [2.05, 4.69) is 15.2 Å². The van der Waals surface area contributed by atoms with Crippen LogP contribution < -0.4 is 0 Å². The fraction of sp³-hybridized carbons (Fsp3) is 0.182. The highest BCUT2D eigenvalue weighted by Crippen LogP contribution is 2.18. The Labute approximate surface area is 96.3 Å². The van der Waals surface area contributed by atoms with Gasteiger partial charge in [-0.15, -0.1) is 0 Å².